The Bertz CT molecular complexity index is 972. The van der Waals surface area contributed by atoms with E-state index in [-0.39, 0.29) is 11.8 Å². The normalized spacial score (nSPS) is 17.1. The molecule has 3 heterocycles. The Kier molecular flexibility index (Phi) is 5.43. The predicted octanol–water partition coefficient (Wildman–Crippen LogP) is 3.37. The fourth-order valence-corrected chi connectivity index (χ4v) is 3.75. The third kappa shape index (κ3) is 3.80. The molecule has 1 atom stereocenters. The summed E-state index contributed by atoms with van der Waals surface area (Å²) in [6.07, 6.45) is 4.03. The van der Waals surface area contributed by atoms with Gasteiger partial charge in [-0.15, -0.1) is 0 Å². The molecular formula is C20H22ClN5O2. The molecule has 1 aliphatic heterocycles. The zero-order chi connectivity index (χ0) is 19.5. The largest absolute Gasteiger partial charge is 0.355 e. The highest BCUT2D eigenvalue weighted by Gasteiger charge is 2.28. The van der Waals surface area contributed by atoms with Crippen molar-refractivity contribution >= 4 is 34.4 Å². The summed E-state index contributed by atoms with van der Waals surface area (Å²) in [6.45, 7) is 3.99. The van der Waals surface area contributed by atoms with Gasteiger partial charge in [-0.2, -0.15) is 4.98 Å². The number of carbonyl (C=O) groups excluding carboxylic acids is 1. The van der Waals surface area contributed by atoms with Gasteiger partial charge in [-0.05, 0) is 37.0 Å². The van der Waals surface area contributed by atoms with Crippen LogP contribution in [-0.2, 0) is 17.8 Å². The maximum absolute atomic E-state index is 12.7. The lowest BCUT2D eigenvalue weighted by atomic mass is 9.96. The van der Waals surface area contributed by atoms with Gasteiger partial charge in [-0.1, -0.05) is 35.8 Å². The molecule has 3 aromatic rings. The Labute approximate surface area is 168 Å². The molecule has 7 nitrogen and oxygen atoms in total. The van der Waals surface area contributed by atoms with Crippen LogP contribution in [0, 0.1) is 5.92 Å². The molecule has 1 unspecified atom stereocenters. The lowest BCUT2D eigenvalue weighted by Crippen LogP contribution is -2.43. The highest BCUT2D eigenvalue weighted by molar-refractivity contribution is 6.30. The second-order valence-electron chi connectivity index (χ2n) is 6.99. The minimum Gasteiger partial charge on any atom is -0.355 e. The highest BCUT2D eigenvalue weighted by atomic mass is 35.5. The first-order valence-corrected chi connectivity index (χ1v) is 9.90. The van der Waals surface area contributed by atoms with Gasteiger partial charge in [-0.3, -0.25) is 4.79 Å². The van der Waals surface area contributed by atoms with Crippen molar-refractivity contribution in [2.45, 2.75) is 32.7 Å². The van der Waals surface area contributed by atoms with Crippen LogP contribution in [0.1, 0.15) is 31.0 Å². The molecule has 8 heteroatoms. The van der Waals surface area contributed by atoms with Crippen molar-refractivity contribution < 1.29 is 9.32 Å². The quantitative estimate of drug-likeness (QED) is 0.708. The van der Waals surface area contributed by atoms with Gasteiger partial charge in [0, 0.05) is 24.7 Å². The molecule has 1 saturated heterocycles. The van der Waals surface area contributed by atoms with Crippen molar-refractivity contribution in [1.29, 1.82) is 0 Å². The molecule has 1 fully saturated rings. The molecule has 1 N–H and O–H groups in total. The number of hydrogen-bond acceptors (Lipinski definition) is 6. The van der Waals surface area contributed by atoms with Crippen molar-refractivity contribution in [2.75, 3.05) is 18.0 Å². The summed E-state index contributed by atoms with van der Waals surface area (Å²) < 4.78 is 5.33. The number of piperidine rings is 1. The average molecular weight is 400 g/mol. The first-order chi connectivity index (χ1) is 13.7. The average Bonchev–Trinajstić information content (AvgIpc) is 3.16. The van der Waals surface area contributed by atoms with Gasteiger partial charge in [0.1, 0.15) is 17.5 Å². The topological polar surface area (TPSA) is 84.2 Å². The van der Waals surface area contributed by atoms with Crippen LogP contribution in [0.2, 0.25) is 5.02 Å². The molecule has 146 valence electrons. The molecular weight excluding hydrogens is 378 g/mol. The monoisotopic (exact) mass is 399 g/mol. The molecule has 0 aliphatic carbocycles. The first-order valence-electron chi connectivity index (χ1n) is 9.52. The standard InChI is InChI=1S/C20H22ClN5O2/c1-2-16-17-18(23-12-24-20(17)28-25-16)26-9-3-4-14(11-26)19(27)22-10-13-5-7-15(21)8-6-13/h5-8,12,14H,2-4,9-11H2,1H3,(H,22,27). The molecule has 1 amide bonds. The van der Waals surface area contributed by atoms with Gasteiger partial charge in [0.25, 0.3) is 5.71 Å². The van der Waals surface area contributed by atoms with E-state index < -0.39 is 0 Å². The number of hydrogen-bond donors (Lipinski definition) is 1. The SMILES string of the molecule is CCc1noc2ncnc(N3CCCC(C(=O)NCc4ccc(Cl)cc4)C3)c12. The number of anilines is 1. The second kappa shape index (κ2) is 8.14. The van der Waals surface area contributed by atoms with E-state index in [9.17, 15) is 4.79 Å². The predicted molar refractivity (Wildman–Crippen MR) is 107 cm³/mol. The molecule has 28 heavy (non-hydrogen) atoms. The van der Waals surface area contributed by atoms with E-state index in [1.807, 2.05) is 31.2 Å². The van der Waals surface area contributed by atoms with Gasteiger partial charge < -0.3 is 14.7 Å². The van der Waals surface area contributed by atoms with Gasteiger partial charge in [0.05, 0.1) is 11.6 Å². The summed E-state index contributed by atoms with van der Waals surface area (Å²) in [5.74, 6) is 0.778. The van der Waals surface area contributed by atoms with Crippen LogP contribution in [-0.4, -0.2) is 34.1 Å². The molecule has 0 spiro atoms. The number of nitrogens with zero attached hydrogens (tertiary/aromatic N) is 4. The zero-order valence-corrected chi connectivity index (χ0v) is 16.4. The van der Waals surface area contributed by atoms with Crippen LogP contribution in [0.15, 0.2) is 35.1 Å². The van der Waals surface area contributed by atoms with E-state index in [1.165, 1.54) is 6.33 Å². The lowest BCUT2D eigenvalue weighted by Gasteiger charge is -2.33. The van der Waals surface area contributed by atoms with E-state index in [0.717, 1.165) is 48.3 Å². The highest BCUT2D eigenvalue weighted by Crippen LogP contribution is 2.30. The first kappa shape index (κ1) is 18.7. The summed E-state index contributed by atoms with van der Waals surface area (Å²) in [5, 5.41) is 8.69. The lowest BCUT2D eigenvalue weighted by molar-refractivity contribution is -0.125. The molecule has 4 rings (SSSR count). The Morgan fingerprint density at radius 2 is 2.14 bits per heavy atom. The minimum absolute atomic E-state index is 0.0611. The number of nitrogens with one attached hydrogen (secondary N) is 1. The van der Waals surface area contributed by atoms with Gasteiger partial charge in [0.2, 0.25) is 5.91 Å². The van der Waals surface area contributed by atoms with Crippen LogP contribution in [0.25, 0.3) is 11.1 Å². The number of amides is 1. The number of carbonyl (C=O) groups is 1. The molecule has 2 aromatic heterocycles. The molecule has 0 bridgehead atoms. The molecule has 1 aromatic carbocycles. The van der Waals surface area contributed by atoms with Crippen molar-refractivity contribution in [3.05, 3.63) is 46.9 Å². The van der Waals surface area contributed by atoms with E-state index in [4.69, 9.17) is 16.1 Å². The van der Waals surface area contributed by atoms with E-state index in [2.05, 4.69) is 25.3 Å². The van der Waals surface area contributed by atoms with Gasteiger partial charge >= 0.3 is 0 Å². The van der Waals surface area contributed by atoms with Gasteiger partial charge in [-0.25, -0.2) is 4.98 Å². The van der Waals surface area contributed by atoms with Crippen LogP contribution in [0.3, 0.4) is 0 Å². The Hall–Kier alpha value is -2.67. The number of aryl methyl sites for hydroxylation is 1. The smallest absolute Gasteiger partial charge is 0.263 e. The fourth-order valence-electron chi connectivity index (χ4n) is 3.63. The second-order valence-corrected chi connectivity index (χ2v) is 7.43. The van der Waals surface area contributed by atoms with Crippen LogP contribution < -0.4 is 10.2 Å². The Morgan fingerprint density at radius 1 is 1.32 bits per heavy atom. The summed E-state index contributed by atoms with van der Waals surface area (Å²) in [6, 6.07) is 7.50. The molecule has 0 radical (unpaired) electrons. The summed E-state index contributed by atoms with van der Waals surface area (Å²) >= 11 is 5.91. The maximum atomic E-state index is 12.7. The van der Waals surface area contributed by atoms with Gasteiger partial charge in [0.15, 0.2) is 0 Å². The number of fused-ring (bicyclic) bond motifs is 1. The summed E-state index contributed by atoms with van der Waals surface area (Å²) in [7, 11) is 0. The third-order valence-corrected chi connectivity index (χ3v) is 5.38. The van der Waals surface area contributed by atoms with E-state index in [1.54, 1.807) is 0 Å². The minimum atomic E-state index is -0.0870. The van der Waals surface area contributed by atoms with Crippen LogP contribution in [0.5, 0.6) is 0 Å². The van der Waals surface area contributed by atoms with Crippen molar-refractivity contribution in [3.8, 4) is 0 Å². The van der Waals surface area contributed by atoms with Crippen molar-refractivity contribution in [1.82, 2.24) is 20.4 Å². The number of halogens is 1. The van der Waals surface area contributed by atoms with Crippen LogP contribution in [0.4, 0.5) is 5.82 Å². The van der Waals surface area contributed by atoms with Crippen molar-refractivity contribution in [2.24, 2.45) is 5.92 Å². The molecule has 0 saturated carbocycles. The third-order valence-electron chi connectivity index (χ3n) is 5.13. The number of benzene rings is 1. The summed E-state index contributed by atoms with van der Waals surface area (Å²) in [5.41, 5.74) is 2.37. The van der Waals surface area contributed by atoms with Crippen LogP contribution >= 0.6 is 11.6 Å². The fraction of sp³-hybridized carbons (Fsp3) is 0.400. The Balaban J connectivity index is 1.46. The zero-order valence-electron chi connectivity index (χ0n) is 15.7. The number of rotatable bonds is 5. The van der Waals surface area contributed by atoms with E-state index >= 15 is 0 Å². The number of aromatic nitrogens is 3. The Morgan fingerprint density at radius 3 is 2.93 bits per heavy atom. The van der Waals surface area contributed by atoms with Crippen molar-refractivity contribution in [3.63, 3.8) is 0 Å². The maximum Gasteiger partial charge on any atom is 0.263 e. The molecule has 1 aliphatic rings. The summed E-state index contributed by atoms with van der Waals surface area (Å²) in [4.78, 5) is 23.5. The van der Waals surface area contributed by atoms with E-state index in [0.29, 0.717) is 23.8 Å².